The van der Waals surface area contributed by atoms with E-state index in [0.717, 1.165) is 5.56 Å². The minimum absolute atomic E-state index is 0.167. The Labute approximate surface area is 97.9 Å². The Balaban J connectivity index is 2.54. The van der Waals surface area contributed by atoms with Crippen molar-refractivity contribution in [2.45, 2.75) is 6.54 Å². The molecule has 0 aliphatic carbocycles. The highest BCUT2D eigenvalue weighted by Crippen LogP contribution is 2.24. The third-order valence-corrected chi connectivity index (χ3v) is 2.70. The summed E-state index contributed by atoms with van der Waals surface area (Å²) in [5, 5.41) is 0.610. The van der Waals surface area contributed by atoms with Crippen molar-refractivity contribution in [1.29, 1.82) is 0 Å². The zero-order chi connectivity index (χ0) is 11.5. The molecule has 0 atom stereocenters. The summed E-state index contributed by atoms with van der Waals surface area (Å²) in [6.07, 6.45) is 0. The molecule has 16 heavy (non-hydrogen) atoms. The second kappa shape index (κ2) is 4.51. The van der Waals surface area contributed by atoms with Crippen molar-refractivity contribution in [3.63, 3.8) is 0 Å². The Morgan fingerprint density at radius 2 is 1.94 bits per heavy atom. The molecule has 4 heteroatoms. The van der Waals surface area contributed by atoms with Gasteiger partial charge in [0.05, 0.1) is 0 Å². The van der Waals surface area contributed by atoms with Crippen LogP contribution in [0.25, 0.3) is 11.3 Å². The van der Waals surface area contributed by atoms with E-state index in [1.165, 1.54) is 0 Å². The lowest BCUT2D eigenvalue weighted by Crippen LogP contribution is -2.15. The lowest BCUT2D eigenvalue weighted by Gasteiger charge is -2.04. The first-order valence-corrected chi connectivity index (χ1v) is 5.27. The van der Waals surface area contributed by atoms with Crippen LogP contribution in [0.4, 0.5) is 0 Å². The van der Waals surface area contributed by atoms with Gasteiger partial charge < -0.3 is 10.7 Å². The van der Waals surface area contributed by atoms with E-state index in [9.17, 15) is 4.79 Å². The third-order valence-electron chi connectivity index (χ3n) is 2.37. The largest absolute Gasteiger partial charge is 0.326 e. The van der Waals surface area contributed by atoms with E-state index < -0.39 is 0 Å². The van der Waals surface area contributed by atoms with E-state index >= 15 is 0 Å². The zero-order valence-electron chi connectivity index (χ0n) is 8.53. The summed E-state index contributed by atoms with van der Waals surface area (Å²) in [5.41, 5.74) is 7.33. The highest BCUT2D eigenvalue weighted by atomic mass is 35.5. The zero-order valence-corrected chi connectivity index (χ0v) is 9.29. The number of aromatic nitrogens is 1. The maximum atomic E-state index is 11.6. The fourth-order valence-electron chi connectivity index (χ4n) is 1.50. The van der Waals surface area contributed by atoms with E-state index in [0.29, 0.717) is 16.3 Å². The topological polar surface area (TPSA) is 58.9 Å². The molecule has 0 bridgehead atoms. The summed E-state index contributed by atoms with van der Waals surface area (Å²) < 4.78 is 0. The molecule has 0 aliphatic heterocycles. The van der Waals surface area contributed by atoms with Crippen LogP contribution in [0.5, 0.6) is 0 Å². The summed E-state index contributed by atoms with van der Waals surface area (Å²) in [6, 6.07) is 10.9. The molecule has 1 aromatic carbocycles. The van der Waals surface area contributed by atoms with Crippen LogP contribution in [-0.4, -0.2) is 4.98 Å². The Hall–Kier alpha value is -1.58. The molecule has 0 fully saturated rings. The van der Waals surface area contributed by atoms with Crippen molar-refractivity contribution in [2.75, 3.05) is 0 Å². The minimum Gasteiger partial charge on any atom is -0.326 e. The van der Waals surface area contributed by atoms with Crippen molar-refractivity contribution in [1.82, 2.24) is 4.98 Å². The molecule has 0 amide bonds. The van der Waals surface area contributed by atoms with Gasteiger partial charge in [-0.15, -0.1) is 0 Å². The molecule has 3 N–H and O–H groups in total. The summed E-state index contributed by atoms with van der Waals surface area (Å²) in [7, 11) is 0. The number of nitrogens with two attached hydrogens (primary N) is 1. The molecule has 0 spiro atoms. The number of aromatic amines is 1. The highest BCUT2D eigenvalue weighted by Gasteiger charge is 2.04. The van der Waals surface area contributed by atoms with Gasteiger partial charge in [0.25, 0.3) is 5.56 Å². The Morgan fingerprint density at radius 1 is 1.19 bits per heavy atom. The predicted octanol–water partition coefficient (Wildman–Crippen LogP) is 2.15. The molecule has 0 saturated heterocycles. The third kappa shape index (κ3) is 2.01. The molecule has 0 radical (unpaired) electrons. The smallest absolute Gasteiger partial charge is 0.252 e. The Bertz CT molecular complexity index is 563. The van der Waals surface area contributed by atoms with Crippen molar-refractivity contribution < 1.29 is 0 Å². The molecule has 82 valence electrons. The van der Waals surface area contributed by atoms with Crippen LogP contribution in [0, 0.1) is 0 Å². The Morgan fingerprint density at radius 3 is 2.56 bits per heavy atom. The van der Waals surface area contributed by atoms with Crippen LogP contribution in [-0.2, 0) is 6.54 Å². The number of pyridine rings is 1. The van der Waals surface area contributed by atoms with Gasteiger partial charge in [0.15, 0.2) is 0 Å². The van der Waals surface area contributed by atoms with Gasteiger partial charge in [-0.1, -0.05) is 35.9 Å². The van der Waals surface area contributed by atoms with Gasteiger partial charge in [-0.3, -0.25) is 4.79 Å². The van der Waals surface area contributed by atoms with Gasteiger partial charge in [0, 0.05) is 28.4 Å². The van der Waals surface area contributed by atoms with Gasteiger partial charge in [0.2, 0.25) is 0 Å². The number of benzene rings is 1. The van der Waals surface area contributed by atoms with Crippen molar-refractivity contribution in [3.8, 4) is 11.3 Å². The second-order valence-corrected chi connectivity index (χ2v) is 3.82. The van der Waals surface area contributed by atoms with Crippen molar-refractivity contribution in [2.24, 2.45) is 5.73 Å². The quantitative estimate of drug-likeness (QED) is 0.837. The number of H-pyrrole nitrogens is 1. The first-order valence-electron chi connectivity index (χ1n) is 4.89. The summed E-state index contributed by atoms with van der Waals surface area (Å²) in [4.78, 5) is 14.3. The molecule has 0 unspecified atom stereocenters. The Kier molecular flexibility index (Phi) is 3.08. The molecule has 0 saturated carbocycles. The lowest BCUT2D eigenvalue weighted by atomic mass is 10.1. The van der Waals surface area contributed by atoms with Crippen LogP contribution in [0.3, 0.4) is 0 Å². The molecular formula is C12H11ClN2O. The predicted molar refractivity (Wildman–Crippen MR) is 65.4 cm³/mol. The van der Waals surface area contributed by atoms with Crippen LogP contribution < -0.4 is 11.3 Å². The van der Waals surface area contributed by atoms with E-state index in [2.05, 4.69) is 4.98 Å². The molecule has 3 nitrogen and oxygen atoms in total. The number of halogens is 1. The van der Waals surface area contributed by atoms with Crippen molar-refractivity contribution >= 4 is 11.6 Å². The van der Waals surface area contributed by atoms with Crippen molar-refractivity contribution in [3.05, 3.63) is 57.3 Å². The standard InChI is InChI=1S/C12H11ClN2O/c13-10-4-2-1-3-9(10)11-6-5-8(7-14)12(16)15-11/h1-6H,7,14H2,(H,15,16). The van der Waals surface area contributed by atoms with Crippen LogP contribution in [0.1, 0.15) is 5.56 Å². The number of nitrogens with one attached hydrogen (secondary N) is 1. The van der Waals surface area contributed by atoms with E-state index in [-0.39, 0.29) is 12.1 Å². The molecule has 1 aromatic heterocycles. The number of hydrogen-bond acceptors (Lipinski definition) is 2. The van der Waals surface area contributed by atoms with Gasteiger partial charge in [0.1, 0.15) is 0 Å². The SMILES string of the molecule is NCc1ccc(-c2ccccc2Cl)[nH]c1=O. The molecule has 1 heterocycles. The highest BCUT2D eigenvalue weighted by molar-refractivity contribution is 6.33. The summed E-state index contributed by atoms with van der Waals surface area (Å²) in [5.74, 6) is 0. The molecule has 2 aromatic rings. The van der Waals surface area contributed by atoms with Gasteiger partial charge in [-0.25, -0.2) is 0 Å². The molecule has 0 aliphatic rings. The molecular weight excluding hydrogens is 224 g/mol. The average Bonchev–Trinajstić information content (AvgIpc) is 2.29. The first-order chi connectivity index (χ1) is 7.72. The maximum Gasteiger partial charge on any atom is 0.252 e. The lowest BCUT2D eigenvalue weighted by molar-refractivity contribution is 1.02. The maximum absolute atomic E-state index is 11.6. The molecule has 2 rings (SSSR count). The van der Waals surface area contributed by atoms with Crippen LogP contribution in [0.15, 0.2) is 41.2 Å². The van der Waals surface area contributed by atoms with Gasteiger partial charge in [-0.2, -0.15) is 0 Å². The fourth-order valence-corrected chi connectivity index (χ4v) is 1.74. The van der Waals surface area contributed by atoms with E-state index in [1.54, 1.807) is 12.1 Å². The second-order valence-electron chi connectivity index (χ2n) is 3.41. The van der Waals surface area contributed by atoms with Crippen LogP contribution in [0.2, 0.25) is 5.02 Å². The van der Waals surface area contributed by atoms with E-state index in [1.807, 2.05) is 24.3 Å². The summed E-state index contributed by atoms with van der Waals surface area (Å²) >= 11 is 6.04. The average molecular weight is 235 g/mol. The van der Waals surface area contributed by atoms with E-state index in [4.69, 9.17) is 17.3 Å². The number of rotatable bonds is 2. The summed E-state index contributed by atoms with van der Waals surface area (Å²) in [6.45, 7) is 0.234. The van der Waals surface area contributed by atoms with Gasteiger partial charge in [-0.05, 0) is 12.1 Å². The van der Waals surface area contributed by atoms with Crippen LogP contribution >= 0.6 is 11.6 Å². The monoisotopic (exact) mass is 234 g/mol. The first kappa shape index (κ1) is 10.9. The number of hydrogen-bond donors (Lipinski definition) is 2. The normalized spacial score (nSPS) is 10.4. The van der Waals surface area contributed by atoms with Gasteiger partial charge >= 0.3 is 0 Å². The fraction of sp³-hybridized carbons (Fsp3) is 0.0833. The minimum atomic E-state index is -0.167.